The zero-order chi connectivity index (χ0) is 16.6. The van der Waals surface area contributed by atoms with Gasteiger partial charge in [0.1, 0.15) is 11.9 Å². The second-order valence-electron chi connectivity index (χ2n) is 6.54. The van der Waals surface area contributed by atoms with Crippen molar-refractivity contribution >= 4 is 17.7 Å². The van der Waals surface area contributed by atoms with Crippen LogP contribution < -0.4 is 4.74 Å². The van der Waals surface area contributed by atoms with Crippen LogP contribution >= 0.6 is 11.8 Å². The van der Waals surface area contributed by atoms with E-state index in [-0.39, 0.29) is 16.8 Å². The molecule has 6 heteroatoms. The molecule has 4 heterocycles. The topological polar surface area (TPSA) is 55.3 Å². The zero-order valence-corrected chi connectivity index (χ0v) is 14.3. The molecule has 5 nitrogen and oxygen atoms in total. The van der Waals surface area contributed by atoms with Crippen LogP contribution in [0, 0.1) is 6.92 Å². The van der Waals surface area contributed by atoms with Gasteiger partial charge in [-0.3, -0.25) is 14.8 Å². The molecule has 0 unspecified atom stereocenters. The molecule has 0 aliphatic carbocycles. The standard InChI is InChI=1S/C18H19N3O2S/c1-13-5-14(8-20-7-13)17(22)21-11-18(12-21)6-16(10-24-18)23-15-3-2-4-19-9-15/h2-5,7-9,16H,6,10-12H2,1H3/t16-/m0/s1. The van der Waals surface area contributed by atoms with Crippen molar-refractivity contribution in [2.24, 2.45) is 0 Å². The maximum atomic E-state index is 12.5. The van der Waals surface area contributed by atoms with E-state index >= 15 is 0 Å². The summed E-state index contributed by atoms with van der Waals surface area (Å²) in [5.74, 6) is 1.86. The highest BCUT2D eigenvalue weighted by Gasteiger charge is 2.51. The van der Waals surface area contributed by atoms with E-state index < -0.39 is 0 Å². The van der Waals surface area contributed by atoms with Crippen molar-refractivity contribution in [3.05, 3.63) is 54.1 Å². The van der Waals surface area contributed by atoms with Gasteiger partial charge in [0.2, 0.25) is 0 Å². The second kappa shape index (κ2) is 6.09. The molecule has 1 atom stereocenters. The lowest BCUT2D eigenvalue weighted by Crippen LogP contribution is -2.60. The van der Waals surface area contributed by atoms with Crippen LogP contribution in [0.25, 0.3) is 0 Å². The van der Waals surface area contributed by atoms with Crippen LogP contribution in [0.4, 0.5) is 0 Å². The predicted molar refractivity (Wildman–Crippen MR) is 93.3 cm³/mol. The van der Waals surface area contributed by atoms with Crippen molar-refractivity contribution in [2.45, 2.75) is 24.2 Å². The number of carbonyl (C=O) groups excluding carboxylic acids is 1. The summed E-state index contributed by atoms with van der Waals surface area (Å²) in [6, 6.07) is 5.72. The third-order valence-corrected chi connectivity index (χ3v) is 6.06. The Hall–Kier alpha value is -2.08. The van der Waals surface area contributed by atoms with Crippen molar-refractivity contribution in [1.82, 2.24) is 14.9 Å². The molecule has 0 N–H and O–H groups in total. The Kier molecular flexibility index (Phi) is 3.92. The lowest BCUT2D eigenvalue weighted by molar-refractivity contribution is 0.0517. The lowest BCUT2D eigenvalue weighted by Gasteiger charge is -2.47. The van der Waals surface area contributed by atoms with Gasteiger partial charge in [0.25, 0.3) is 5.91 Å². The maximum absolute atomic E-state index is 12.5. The van der Waals surface area contributed by atoms with Gasteiger partial charge in [-0.1, -0.05) is 0 Å². The molecule has 2 aromatic heterocycles. The second-order valence-corrected chi connectivity index (χ2v) is 8.03. The number of nitrogens with zero attached hydrogens (tertiary/aromatic N) is 3. The summed E-state index contributed by atoms with van der Waals surface area (Å²) in [6.07, 6.45) is 8.07. The Bertz CT molecular complexity index is 747. The minimum Gasteiger partial charge on any atom is -0.488 e. The molecule has 0 bridgehead atoms. The van der Waals surface area contributed by atoms with Crippen LogP contribution in [0.5, 0.6) is 5.75 Å². The van der Waals surface area contributed by atoms with Gasteiger partial charge in [0.05, 0.1) is 16.5 Å². The quantitative estimate of drug-likeness (QED) is 0.859. The van der Waals surface area contributed by atoms with Gasteiger partial charge in [-0.15, -0.1) is 11.8 Å². The summed E-state index contributed by atoms with van der Waals surface area (Å²) >= 11 is 1.92. The Labute approximate surface area is 145 Å². The number of pyridine rings is 2. The third kappa shape index (κ3) is 2.98. The minimum atomic E-state index is 0.0778. The van der Waals surface area contributed by atoms with Crippen LogP contribution in [-0.4, -0.2) is 50.5 Å². The fourth-order valence-corrected chi connectivity index (χ4v) is 4.88. The van der Waals surface area contributed by atoms with Crippen molar-refractivity contribution in [2.75, 3.05) is 18.8 Å². The smallest absolute Gasteiger partial charge is 0.255 e. The van der Waals surface area contributed by atoms with Crippen LogP contribution in [-0.2, 0) is 0 Å². The molecule has 4 rings (SSSR count). The zero-order valence-electron chi connectivity index (χ0n) is 13.5. The Morgan fingerprint density at radius 1 is 1.33 bits per heavy atom. The number of hydrogen-bond acceptors (Lipinski definition) is 5. The van der Waals surface area contributed by atoms with Crippen molar-refractivity contribution in [3.63, 3.8) is 0 Å². The molecule has 2 aliphatic rings. The van der Waals surface area contributed by atoms with Gasteiger partial charge >= 0.3 is 0 Å². The van der Waals surface area contributed by atoms with Gasteiger partial charge in [0, 0.05) is 43.9 Å². The van der Waals surface area contributed by atoms with Gasteiger partial charge < -0.3 is 9.64 Å². The number of carbonyl (C=O) groups is 1. The highest BCUT2D eigenvalue weighted by molar-refractivity contribution is 8.01. The van der Waals surface area contributed by atoms with Gasteiger partial charge in [-0.2, -0.15) is 0 Å². The number of aryl methyl sites for hydroxylation is 1. The predicted octanol–water partition coefficient (Wildman–Crippen LogP) is 2.56. The van der Waals surface area contributed by atoms with Crippen LogP contribution in [0.3, 0.4) is 0 Å². The first-order valence-electron chi connectivity index (χ1n) is 8.05. The van der Waals surface area contributed by atoms with E-state index in [9.17, 15) is 4.79 Å². The van der Waals surface area contributed by atoms with Crippen LogP contribution in [0.15, 0.2) is 43.0 Å². The fraction of sp³-hybridized carbons (Fsp3) is 0.389. The number of aromatic nitrogens is 2. The summed E-state index contributed by atoms with van der Waals surface area (Å²) in [4.78, 5) is 22.6. The average molecular weight is 341 g/mol. The van der Waals surface area contributed by atoms with E-state index in [1.807, 2.05) is 41.8 Å². The first-order chi connectivity index (χ1) is 11.6. The Morgan fingerprint density at radius 3 is 2.96 bits per heavy atom. The van der Waals surface area contributed by atoms with E-state index in [2.05, 4.69) is 9.97 Å². The monoisotopic (exact) mass is 341 g/mol. The molecule has 2 aliphatic heterocycles. The van der Waals surface area contributed by atoms with Gasteiger partial charge in [-0.25, -0.2) is 0 Å². The Morgan fingerprint density at radius 2 is 2.21 bits per heavy atom. The van der Waals surface area contributed by atoms with Crippen LogP contribution in [0.1, 0.15) is 22.3 Å². The molecule has 124 valence electrons. The molecule has 24 heavy (non-hydrogen) atoms. The SMILES string of the molecule is Cc1cncc(C(=O)N2CC3(C[C@H](Oc4cccnc4)CS3)C2)c1. The largest absolute Gasteiger partial charge is 0.488 e. The van der Waals surface area contributed by atoms with Gasteiger partial charge in [-0.05, 0) is 30.7 Å². The number of ether oxygens (including phenoxy) is 1. The molecule has 1 amide bonds. The van der Waals surface area contributed by atoms with Crippen molar-refractivity contribution in [3.8, 4) is 5.75 Å². The molecule has 0 radical (unpaired) electrons. The first kappa shape index (κ1) is 15.4. The molecular formula is C18H19N3O2S. The van der Waals surface area contributed by atoms with Crippen molar-refractivity contribution in [1.29, 1.82) is 0 Å². The Balaban J connectivity index is 1.34. The summed E-state index contributed by atoms with van der Waals surface area (Å²) in [5, 5.41) is 0. The molecule has 2 fully saturated rings. The highest BCUT2D eigenvalue weighted by atomic mass is 32.2. The molecule has 2 saturated heterocycles. The summed E-state index contributed by atoms with van der Waals surface area (Å²) in [6.45, 7) is 3.53. The number of hydrogen-bond donors (Lipinski definition) is 0. The summed E-state index contributed by atoms with van der Waals surface area (Å²) in [7, 11) is 0. The van der Waals surface area contributed by atoms with E-state index in [1.165, 1.54) is 0 Å². The van der Waals surface area contributed by atoms with E-state index in [1.54, 1.807) is 24.8 Å². The number of thioether (sulfide) groups is 1. The number of likely N-dealkylation sites (tertiary alicyclic amines) is 1. The summed E-state index contributed by atoms with van der Waals surface area (Å²) < 4.78 is 6.16. The molecule has 0 saturated carbocycles. The molecular weight excluding hydrogens is 322 g/mol. The number of rotatable bonds is 3. The molecule has 2 aromatic rings. The minimum absolute atomic E-state index is 0.0778. The molecule has 0 aromatic carbocycles. The summed E-state index contributed by atoms with van der Waals surface area (Å²) in [5.41, 5.74) is 1.69. The van der Waals surface area contributed by atoms with Gasteiger partial charge in [0.15, 0.2) is 0 Å². The van der Waals surface area contributed by atoms with Crippen molar-refractivity contribution < 1.29 is 9.53 Å². The lowest BCUT2D eigenvalue weighted by atomic mass is 9.92. The average Bonchev–Trinajstić information content (AvgIpc) is 2.98. The highest BCUT2D eigenvalue weighted by Crippen LogP contribution is 2.46. The maximum Gasteiger partial charge on any atom is 0.255 e. The van der Waals surface area contributed by atoms with E-state index in [0.29, 0.717) is 5.56 Å². The van der Waals surface area contributed by atoms with Crippen LogP contribution in [0.2, 0.25) is 0 Å². The number of amides is 1. The first-order valence-corrected chi connectivity index (χ1v) is 9.04. The third-order valence-electron chi connectivity index (χ3n) is 4.48. The van der Waals surface area contributed by atoms with E-state index in [0.717, 1.165) is 36.6 Å². The fourth-order valence-electron chi connectivity index (χ4n) is 3.36. The van der Waals surface area contributed by atoms with E-state index in [4.69, 9.17) is 4.74 Å². The normalized spacial score (nSPS) is 21.5. The molecule has 1 spiro atoms.